The van der Waals surface area contributed by atoms with Crippen LogP contribution in [0.2, 0.25) is 0 Å². The Hall–Kier alpha value is -3.48. The number of hydrogen-bond donors (Lipinski definition) is 2. The molecule has 3 amide bonds. The van der Waals surface area contributed by atoms with E-state index in [1.807, 2.05) is 43.0 Å². The lowest BCUT2D eigenvalue weighted by Crippen LogP contribution is -2.44. The lowest BCUT2D eigenvalue weighted by molar-refractivity contribution is 0.0674. The van der Waals surface area contributed by atoms with Gasteiger partial charge in [0.25, 0.3) is 5.91 Å². The van der Waals surface area contributed by atoms with Crippen LogP contribution >= 0.6 is 0 Å². The van der Waals surface area contributed by atoms with Crippen LogP contribution in [0.4, 0.5) is 14.9 Å². The third-order valence-corrected chi connectivity index (χ3v) is 5.83. The molecule has 2 aromatic carbocycles. The van der Waals surface area contributed by atoms with Gasteiger partial charge < -0.3 is 15.5 Å². The standard InChI is InChI=1S/C25H27FN4O2/c1-16-8-9-23-19(11-16)12-22(17(2)28-23)24(31)30-10-4-5-18(15-30)14-27-25(32)29-21-7-3-6-20(26)13-21/h3,6-9,11-13,18H,4-5,10,14-15H2,1-2H3,(H2,27,29,32). The number of nitrogens with zero attached hydrogens (tertiary/aromatic N) is 2. The number of pyridine rings is 1. The molecule has 1 aromatic heterocycles. The molecular formula is C25H27FN4O2. The van der Waals surface area contributed by atoms with Crippen molar-refractivity contribution in [2.75, 3.05) is 25.0 Å². The van der Waals surface area contributed by atoms with E-state index in [-0.39, 0.29) is 17.9 Å². The Bertz CT molecular complexity index is 1160. The average molecular weight is 435 g/mol. The van der Waals surface area contributed by atoms with E-state index in [9.17, 15) is 14.0 Å². The maximum Gasteiger partial charge on any atom is 0.319 e. The summed E-state index contributed by atoms with van der Waals surface area (Å²) in [6.45, 7) is 5.60. The minimum Gasteiger partial charge on any atom is -0.338 e. The van der Waals surface area contributed by atoms with Gasteiger partial charge in [0.2, 0.25) is 0 Å². The summed E-state index contributed by atoms with van der Waals surface area (Å²) >= 11 is 0. The number of urea groups is 1. The first kappa shape index (κ1) is 21.7. The molecule has 1 saturated heterocycles. The van der Waals surface area contributed by atoms with Gasteiger partial charge in [-0.25, -0.2) is 9.18 Å². The van der Waals surface area contributed by atoms with Gasteiger partial charge >= 0.3 is 6.03 Å². The molecule has 0 radical (unpaired) electrons. The number of carbonyl (C=O) groups excluding carboxylic acids is 2. The van der Waals surface area contributed by atoms with Gasteiger partial charge in [-0.2, -0.15) is 0 Å². The van der Waals surface area contributed by atoms with E-state index in [1.165, 1.54) is 12.1 Å². The SMILES string of the molecule is Cc1ccc2nc(C)c(C(=O)N3CCCC(CNC(=O)Nc4cccc(F)c4)C3)cc2c1. The molecule has 2 N–H and O–H groups in total. The van der Waals surface area contributed by atoms with Crippen molar-refractivity contribution in [2.24, 2.45) is 5.92 Å². The average Bonchev–Trinajstić information content (AvgIpc) is 2.77. The molecule has 3 aromatic rings. The van der Waals surface area contributed by atoms with Gasteiger partial charge in [0, 0.05) is 30.7 Å². The highest BCUT2D eigenvalue weighted by molar-refractivity contribution is 5.98. The summed E-state index contributed by atoms with van der Waals surface area (Å²) in [6.07, 6.45) is 1.81. The lowest BCUT2D eigenvalue weighted by Gasteiger charge is -2.33. The number of nitrogens with one attached hydrogen (secondary N) is 2. The molecule has 1 unspecified atom stereocenters. The Balaban J connectivity index is 1.38. The van der Waals surface area contributed by atoms with Crippen LogP contribution in [-0.4, -0.2) is 41.5 Å². The largest absolute Gasteiger partial charge is 0.338 e. The normalized spacial score (nSPS) is 16.1. The molecule has 0 saturated carbocycles. The fourth-order valence-corrected chi connectivity index (χ4v) is 4.17. The third-order valence-electron chi connectivity index (χ3n) is 5.83. The van der Waals surface area contributed by atoms with E-state index in [2.05, 4.69) is 15.6 Å². The summed E-state index contributed by atoms with van der Waals surface area (Å²) in [4.78, 5) is 31.9. The number of hydrogen-bond acceptors (Lipinski definition) is 3. The topological polar surface area (TPSA) is 74.3 Å². The fraction of sp³-hybridized carbons (Fsp3) is 0.320. The van der Waals surface area contributed by atoms with Crippen molar-refractivity contribution in [1.82, 2.24) is 15.2 Å². The number of benzene rings is 2. The number of rotatable bonds is 4. The van der Waals surface area contributed by atoms with Gasteiger partial charge in [0.1, 0.15) is 5.82 Å². The maximum absolute atomic E-state index is 13.3. The molecule has 2 heterocycles. The van der Waals surface area contributed by atoms with E-state index in [1.54, 1.807) is 12.1 Å². The van der Waals surface area contributed by atoms with Crippen LogP contribution in [0.1, 0.15) is 34.5 Å². The Kier molecular flexibility index (Phi) is 6.35. The van der Waals surface area contributed by atoms with Crippen LogP contribution in [0.15, 0.2) is 48.5 Å². The first-order chi connectivity index (χ1) is 15.4. The highest BCUT2D eigenvalue weighted by atomic mass is 19.1. The zero-order valence-corrected chi connectivity index (χ0v) is 18.3. The third kappa shape index (κ3) is 5.04. The number of anilines is 1. The maximum atomic E-state index is 13.3. The molecule has 0 spiro atoms. The van der Waals surface area contributed by atoms with Crippen LogP contribution in [0.25, 0.3) is 10.9 Å². The van der Waals surface area contributed by atoms with Crippen molar-refractivity contribution < 1.29 is 14.0 Å². The Morgan fingerprint density at radius 3 is 2.81 bits per heavy atom. The lowest BCUT2D eigenvalue weighted by atomic mass is 9.97. The molecule has 4 rings (SSSR count). The van der Waals surface area contributed by atoms with E-state index >= 15 is 0 Å². The van der Waals surface area contributed by atoms with E-state index in [0.717, 1.165) is 35.0 Å². The predicted octanol–water partition coefficient (Wildman–Crippen LogP) is 4.66. The molecule has 0 bridgehead atoms. The van der Waals surface area contributed by atoms with Gasteiger partial charge in [-0.3, -0.25) is 9.78 Å². The summed E-state index contributed by atoms with van der Waals surface area (Å²) in [5.74, 6) is -0.271. The second kappa shape index (κ2) is 9.34. The zero-order valence-electron chi connectivity index (χ0n) is 18.3. The molecule has 7 heteroatoms. The summed E-state index contributed by atoms with van der Waals surface area (Å²) in [5.41, 5.74) is 3.76. The monoisotopic (exact) mass is 434 g/mol. The van der Waals surface area contributed by atoms with Crippen molar-refractivity contribution in [3.05, 3.63) is 71.2 Å². The molecule has 1 aliphatic heterocycles. The molecule has 1 fully saturated rings. The van der Waals surface area contributed by atoms with Crippen LogP contribution < -0.4 is 10.6 Å². The quantitative estimate of drug-likeness (QED) is 0.627. The van der Waals surface area contributed by atoms with Crippen molar-refractivity contribution in [3.8, 4) is 0 Å². The van der Waals surface area contributed by atoms with Gasteiger partial charge in [-0.1, -0.05) is 17.7 Å². The first-order valence-corrected chi connectivity index (χ1v) is 10.9. The Labute approximate surface area is 186 Å². The molecule has 32 heavy (non-hydrogen) atoms. The van der Waals surface area contributed by atoms with Crippen LogP contribution in [0, 0.1) is 25.6 Å². The number of fused-ring (bicyclic) bond motifs is 1. The second-order valence-electron chi connectivity index (χ2n) is 8.42. The minimum absolute atomic E-state index is 0.0210. The molecule has 166 valence electrons. The van der Waals surface area contributed by atoms with Crippen molar-refractivity contribution in [2.45, 2.75) is 26.7 Å². The fourth-order valence-electron chi connectivity index (χ4n) is 4.17. The molecule has 0 aliphatic carbocycles. The van der Waals surface area contributed by atoms with E-state index in [0.29, 0.717) is 30.9 Å². The van der Waals surface area contributed by atoms with Gasteiger partial charge in [0.05, 0.1) is 16.8 Å². The highest BCUT2D eigenvalue weighted by Gasteiger charge is 2.26. The Morgan fingerprint density at radius 1 is 1.16 bits per heavy atom. The van der Waals surface area contributed by atoms with Crippen LogP contribution in [0.3, 0.4) is 0 Å². The van der Waals surface area contributed by atoms with E-state index < -0.39 is 5.82 Å². The number of likely N-dealkylation sites (tertiary alicyclic amines) is 1. The number of aromatic nitrogens is 1. The van der Waals surface area contributed by atoms with Gasteiger partial charge in [-0.15, -0.1) is 0 Å². The Morgan fingerprint density at radius 2 is 2.00 bits per heavy atom. The molecule has 1 atom stereocenters. The van der Waals surface area contributed by atoms with Crippen LogP contribution in [0.5, 0.6) is 0 Å². The van der Waals surface area contributed by atoms with Crippen LogP contribution in [-0.2, 0) is 0 Å². The summed E-state index contributed by atoms with van der Waals surface area (Å²) < 4.78 is 13.3. The zero-order chi connectivity index (χ0) is 22.7. The number of aryl methyl sites for hydroxylation is 2. The van der Waals surface area contributed by atoms with E-state index in [4.69, 9.17) is 0 Å². The number of carbonyl (C=O) groups is 2. The summed E-state index contributed by atoms with van der Waals surface area (Å²) in [6, 6.07) is 13.3. The first-order valence-electron chi connectivity index (χ1n) is 10.9. The van der Waals surface area contributed by atoms with Crippen molar-refractivity contribution in [3.63, 3.8) is 0 Å². The molecule has 6 nitrogen and oxygen atoms in total. The number of piperidine rings is 1. The van der Waals surface area contributed by atoms with Crippen molar-refractivity contribution >= 4 is 28.5 Å². The summed E-state index contributed by atoms with van der Waals surface area (Å²) in [7, 11) is 0. The second-order valence-corrected chi connectivity index (χ2v) is 8.42. The number of amides is 3. The molecular weight excluding hydrogens is 407 g/mol. The number of halogens is 1. The molecule has 1 aliphatic rings. The summed E-state index contributed by atoms with van der Waals surface area (Å²) in [5, 5.41) is 6.43. The van der Waals surface area contributed by atoms with Gasteiger partial charge in [-0.05, 0) is 69.0 Å². The minimum atomic E-state index is -0.405. The van der Waals surface area contributed by atoms with Crippen molar-refractivity contribution in [1.29, 1.82) is 0 Å². The van der Waals surface area contributed by atoms with Gasteiger partial charge in [0.15, 0.2) is 0 Å². The smallest absolute Gasteiger partial charge is 0.319 e. The predicted molar refractivity (Wildman–Crippen MR) is 123 cm³/mol. The highest BCUT2D eigenvalue weighted by Crippen LogP contribution is 2.22.